The number of hydrogen-bond acceptors (Lipinski definition) is 6. The molecule has 11 heteroatoms. The molecular formula is C31H51N5O6. The number of amides is 5. The van der Waals surface area contributed by atoms with Crippen molar-refractivity contribution in [3.05, 3.63) is 12.7 Å². The summed E-state index contributed by atoms with van der Waals surface area (Å²) in [5.74, 6) is -1.63. The minimum absolute atomic E-state index is 0.0115. The Kier molecular flexibility index (Phi) is 13.2. The summed E-state index contributed by atoms with van der Waals surface area (Å²) in [5.41, 5.74) is -0.586. The molecule has 0 bridgehead atoms. The van der Waals surface area contributed by atoms with Crippen LogP contribution in [0.3, 0.4) is 0 Å². The number of carbonyl (C=O) groups is 6. The van der Waals surface area contributed by atoms with Gasteiger partial charge in [-0.05, 0) is 49.4 Å². The zero-order chi connectivity index (χ0) is 31.6. The van der Waals surface area contributed by atoms with Crippen molar-refractivity contribution in [3.8, 4) is 0 Å². The number of urea groups is 1. The lowest BCUT2D eigenvalue weighted by atomic mass is 9.85. The first kappa shape index (κ1) is 35.0. The van der Waals surface area contributed by atoms with Gasteiger partial charge in [0.25, 0.3) is 5.91 Å². The Labute approximate surface area is 250 Å². The molecule has 2 fully saturated rings. The third-order valence-corrected chi connectivity index (χ3v) is 7.70. The number of Topliss-reactive ketones (excluding diaryl/α,β-unsaturated/α-hetero) is 2. The maximum atomic E-state index is 13.3. The zero-order valence-corrected chi connectivity index (χ0v) is 26.2. The first-order valence-corrected chi connectivity index (χ1v) is 15.2. The number of nitrogens with one attached hydrogen (secondary N) is 4. The van der Waals surface area contributed by atoms with Crippen LogP contribution in [0.1, 0.15) is 86.0 Å². The van der Waals surface area contributed by atoms with Crippen LogP contribution in [-0.4, -0.2) is 78.5 Å². The Balaban J connectivity index is 1.85. The van der Waals surface area contributed by atoms with Gasteiger partial charge in [0.1, 0.15) is 6.04 Å². The summed E-state index contributed by atoms with van der Waals surface area (Å²) in [6.07, 6.45) is 6.77. The Morgan fingerprint density at radius 3 is 2.12 bits per heavy atom. The van der Waals surface area contributed by atoms with Crippen LogP contribution in [0.15, 0.2) is 12.7 Å². The summed E-state index contributed by atoms with van der Waals surface area (Å²) in [6.45, 7) is 13.4. The number of hydrogen-bond donors (Lipinski definition) is 4. The molecule has 11 nitrogen and oxygen atoms in total. The van der Waals surface area contributed by atoms with E-state index in [1.54, 1.807) is 7.05 Å². The van der Waals surface area contributed by atoms with E-state index in [0.717, 1.165) is 25.7 Å². The first-order chi connectivity index (χ1) is 19.6. The molecule has 2 rings (SSSR count). The van der Waals surface area contributed by atoms with Crippen LogP contribution in [0.2, 0.25) is 0 Å². The first-order valence-electron chi connectivity index (χ1n) is 15.2. The highest BCUT2D eigenvalue weighted by molar-refractivity contribution is 6.38. The minimum Gasteiger partial charge on any atom is -0.346 e. The molecule has 0 radical (unpaired) electrons. The largest absolute Gasteiger partial charge is 0.346 e. The molecule has 236 valence electrons. The smallest absolute Gasteiger partial charge is 0.316 e. The molecule has 0 aromatic carbocycles. The van der Waals surface area contributed by atoms with E-state index in [4.69, 9.17) is 0 Å². The van der Waals surface area contributed by atoms with E-state index in [2.05, 4.69) is 27.8 Å². The van der Waals surface area contributed by atoms with Crippen molar-refractivity contribution in [1.29, 1.82) is 0 Å². The second-order valence-corrected chi connectivity index (χ2v) is 13.2. The molecule has 3 atom stereocenters. The molecule has 0 heterocycles. The lowest BCUT2D eigenvalue weighted by Gasteiger charge is -2.34. The van der Waals surface area contributed by atoms with E-state index in [0.29, 0.717) is 31.7 Å². The molecule has 0 aromatic heterocycles. The standard InChI is InChI=1S/C31H51N5O6/c1-8-16-32-28(40)26(39)22(18-20-12-13-20)33-23(37)11-9-10-17-36(7)29(41)27(31(4,5)6)35-30(42)34-24(19(2)3)25(38)21-14-15-21/h8,19-22,24,27H,1,9-18H2,2-7H3,(H,32,40)(H,33,37)(H2,34,35,42). The van der Waals surface area contributed by atoms with Crippen LogP contribution < -0.4 is 21.3 Å². The number of likely N-dealkylation sites (N-methyl/N-ethyl adjacent to an activating group) is 1. The SMILES string of the molecule is C=CCNC(=O)C(=O)C(CC1CC1)NC(=O)CCCCN(C)C(=O)C(NC(=O)NC(C(=O)C1CC1)C(C)C)C(C)(C)C. The van der Waals surface area contributed by atoms with Crippen molar-refractivity contribution in [3.63, 3.8) is 0 Å². The van der Waals surface area contributed by atoms with E-state index in [-0.39, 0.29) is 42.4 Å². The molecule has 2 aliphatic carbocycles. The number of rotatable bonds is 18. The average molecular weight is 590 g/mol. The summed E-state index contributed by atoms with van der Waals surface area (Å²) < 4.78 is 0. The van der Waals surface area contributed by atoms with Gasteiger partial charge < -0.3 is 26.2 Å². The molecule has 3 unspecified atom stereocenters. The van der Waals surface area contributed by atoms with Crippen LogP contribution >= 0.6 is 0 Å². The van der Waals surface area contributed by atoms with Crippen LogP contribution in [0.4, 0.5) is 4.79 Å². The molecule has 5 amide bonds. The monoisotopic (exact) mass is 589 g/mol. The summed E-state index contributed by atoms with van der Waals surface area (Å²) in [7, 11) is 1.65. The second-order valence-electron chi connectivity index (χ2n) is 13.2. The maximum absolute atomic E-state index is 13.3. The van der Waals surface area contributed by atoms with Crippen molar-refractivity contribution in [2.75, 3.05) is 20.1 Å². The van der Waals surface area contributed by atoms with Gasteiger partial charge in [-0.15, -0.1) is 6.58 Å². The number of unbranched alkanes of at least 4 members (excludes halogenated alkanes) is 1. The van der Waals surface area contributed by atoms with Crippen LogP contribution in [0.25, 0.3) is 0 Å². The number of ketones is 2. The summed E-state index contributed by atoms with van der Waals surface area (Å²) in [6, 6.07) is -2.82. The fourth-order valence-electron chi connectivity index (χ4n) is 4.71. The average Bonchev–Trinajstić information content (AvgIpc) is 3.83. The van der Waals surface area contributed by atoms with Gasteiger partial charge in [-0.25, -0.2) is 4.79 Å². The van der Waals surface area contributed by atoms with Gasteiger partial charge in [-0.2, -0.15) is 0 Å². The molecule has 4 N–H and O–H groups in total. The van der Waals surface area contributed by atoms with Gasteiger partial charge in [-0.3, -0.25) is 24.0 Å². The fourth-order valence-corrected chi connectivity index (χ4v) is 4.71. The highest BCUT2D eigenvalue weighted by atomic mass is 16.2. The predicted octanol–water partition coefficient (Wildman–Crippen LogP) is 2.49. The van der Waals surface area contributed by atoms with Gasteiger partial charge in [0.2, 0.25) is 17.6 Å². The van der Waals surface area contributed by atoms with Crippen molar-refractivity contribution >= 4 is 35.3 Å². The summed E-state index contributed by atoms with van der Waals surface area (Å²) >= 11 is 0. The molecule has 0 saturated heterocycles. The zero-order valence-electron chi connectivity index (χ0n) is 26.2. The van der Waals surface area contributed by atoms with Crippen molar-refractivity contribution in [2.24, 2.45) is 23.2 Å². The van der Waals surface area contributed by atoms with E-state index in [1.165, 1.54) is 11.0 Å². The van der Waals surface area contributed by atoms with Gasteiger partial charge >= 0.3 is 6.03 Å². The predicted molar refractivity (Wildman–Crippen MR) is 160 cm³/mol. The Morgan fingerprint density at radius 1 is 0.952 bits per heavy atom. The maximum Gasteiger partial charge on any atom is 0.316 e. The molecule has 42 heavy (non-hydrogen) atoms. The van der Waals surface area contributed by atoms with Crippen molar-refractivity contribution in [1.82, 2.24) is 26.2 Å². The van der Waals surface area contributed by atoms with E-state index < -0.39 is 41.3 Å². The number of nitrogens with zero attached hydrogens (tertiary/aromatic N) is 1. The minimum atomic E-state index is -0.848. The Bertz CT molecular complexity index is 1010. The third kappa shape index (κ3) is 11.6. The summed E-state index contributed by atoms with van der Waals surface area (Å²) in [5, 5.41) is 10.8. The lowest BCUT2D eigenvalue weighted by molar-refractivity contribution is -0.140. The van der Waals surface area contributed by atoms with Crippen LogP contribution in [0.5, 0.6) is 0 Å². The van der Waals surface area contributed by atoms with Crippen LogP contribution in [0, 0.1) is 23.2 Å². The second kappa shape index (κ2) is 15.8. The van der Waals surface area contributed by atoms with E-state index >= 15 is 0 Å². The molecule has 2 saturated carbocycles. The van der Waals surface area contributed by atoms with Gasteiger partial charge in [0.15, 0.2) is 5.78 Å². The number of carbonyl (C=O) groups excluding carboxylic acids is 6. The molecule has 0 spiro atoms. The van der Waals surface area contributed by atoms with Gasteiger partial charge in [-0.1, -0.05) is 53.5 Å². The van der Waals surface area contributed by atoms with Crippen LogP contribution in [-0.2, 0) is 24.0 Å². The third-order valence-electron chi connectivity index (χ3n) is 7.70. The summed E-state index contributed by atoms with van der Waals surface area (Å²) in [4.78, 5) is 77.7. The molecule has 2 aliphatic rings. The molecule has 0 aromatic rings. The van der Waals surface area contributed by atoms with Gasteiger partial charge in [0, 0.05) is 32.5 Å². The molecular weight excluding hydrogens is 538 g/mol. The van der Waals surface area contributed by atoms with E-state index in [9.17, 15) is 28.8 Å². The lowest BCUT2D eigenvalue weighted by Crippen LogP contribution is -2.58. The fraction of sp³-hybridized carbons (Fsp3) is 0.742. The van der Waals surface area contributed by atoms with E-state index in [1.807, 2.05) is 34.6 Å². The Morgan fingerprint density at radius 2 is 1.60 bits per heavy atom. The topological polar surface area (TPSA) is 154 Å². The quantitative estimate of drug-likeness (QED) is 0.109. The molecule has 0 aliphatic heterocycles. The highest BCUT2D eigenvalue weighted by Crippen LogP contribution is 2.34. The normalized spacial score (nSPS) is 16.9. The Hall–Kier alpha value is -3.24. The van der Waals surface area contributed by atoms with Crippen molar-refractivity contribution < 1.29 is 28.8 Å². The highest BCUT2D eigenvalue weighted by Gasteiger charge is 2.39. The van der Waals surface area contributed by atoms with Gasteiger partial charge in [0.05, 0.1) is 12.1 Å². The van der Waals surface area contributed by atoms with Crippen molar-refractivity contribution in [2.45, 2.75) is 104 Å².